The van der Waals surface area contributed by atoms with Gasteiger partial charge in [-0.25, -0.2) is 4.79 Å². The molecule has 1 saturated heterocycles. The second kappa shape index (κ2) is 12.0. The Morgan fingerprint density at radius 2 is 1.78 bits per heavy atom. The third-order valence-electron chi connectivity index (χ3n) is 7.19. The highest BCUT2D eigenvalue weighted by atomic mass is 16.6. The van der Waals surface area contributed by atoms with Crippen molar-refractivity contribution in [2.75, 3.05) is 13.2 Å². The molecule has 37 heavy (non-hydrogen) atoms. The van der Waals surface area contributed by atoms with E-state index in [0.717, 1.165) is 53.3 Å². The standard InChI is InChI=1S/C31H40N2O4/c1-5-22-17-24(21-36-20-23-11-7-6-8-12-23)18-28(33(19-22)30(35)37-31(2,3)4)29-26(15-16-34)25-13-9-10-14-27(25)32-29/h6-14,16,22,24,28,32H,5,15,17-21H2,1-4H3/t22-,24-,28?/m1/s1. The molecule has 1 N–H and O–H groups in total. The van der Waals surface area contributed by atoms with Crippen molar-refractivity contribution in [2.24, 2.45) is 11.8 Å². The van der Waals surface area contributed by atoms with Crippen molar-refractivity contribution in [3.05, 3.63) is 71.4 Å². The van der Waals surface area contributed by atoms with E-state index in [1.54, 1.807) is 0 Å². The van der Waals surface area contributed by atoms with Gasteiger partial charge in [-0.05, 0) is 62.6 Å². The summed E-state index contributed by atoms with van der Waals surface area (Å²) in [6.45, 7) is 9.68. The highest BCUT2D eigenvalue weighted by molar-refractivity contribution is 5.87. The number of para-hydroxylation sites is 1. The number of benzene rings is 2. The van der Waals surface area contributed by atoms with Crippen LogP contribution < -0.4 is 0 Å². The highest BCUT2D eigenvalue weighted by Gasteiger charge is 2.38. The maximum atomic E-state index is 13.6. The highest BCUT2D eigenvalue weighted by Crippen LogP contribution is 2.40. The van der Waals surface area contributed by atoms with Gasteiger partial charge in [0.25, 0.3) is 0 Å². The molecular weight excluding hydrogens is 464 g/mol. The molecule has 3 aromatic rings. The molecule has 6 nitrogen and oxygen atoms in total. The Morgan fingerprint density at radius 3 is 2.49 bits per heavy atom. The van der Waals surface area contributed by atoms with E-state index in [2.05, 4.69) is 24.0 Å². The quantitative estimate of drug-likeness (QED) is 0.341. The number of rotatable bonds is 8. The van der Waals surface area contributed by atoms with Gasteiger partial charge in [0.1, 0.15) is 11.9 Å². The third kappa shape index (κ3) is 6.80. The molecule has 0 spiro atoms. The maximum Gasteiger partial charge on any atom is 0.410 e. The number of fused-ring (bicyclic) bond motifs is 1. The van der Waals surface area contributed by atoms with E-state index in [1.165, 1.54) is 0 Å². The van der Waals surface area contributed by atoms with Gasteiger partial charge in [-0.2, -0.15) is 0 Å². The number of nitrogens with one attached hydrogen (secondary N) is 1. The van der Waals surface area contributed by atoms with E-state index < -0.39 is 5.60 Å². The smallest absolute Gasteiger partial charge is 0.410 e. The second-order valence-electron chi connectivity index (χ2n) is 11.2. The number of likely N-dealkylation sites (tertiary alicyclic amines) is 1. The number of hydrogen-bond acceptors (Lipinski definition) is 4. The first-order valence-electron chi connectivity index (χ1n) is 13.4. The van der Waals surface area contributed by atoms with Crippen LogP contribution in [0.1, 0.15) is 69.8 Å². The van der Waals surface area contributed by atoms with Gasteiger partial charge in [0.05, 0.1) is 12.6 Å². The van der Waals surface area contributed by atoms with Crippen LogP contribution in [0.3, 0.4) is 0 Å². The number of aromatic nitrogens is 1. The minimum atomic E-state index is -0.597. The molecule has 4 rings (SSSR count). The summed E-state index contributed by atoms with van der Waals surface area (Å²) >= 11 is 0. The molecular formula is C31H40N2O4. The zero-order chi connectivity index (χ0) is 26.4. The Balaban J connectivity index is 1.68. The van der Waals surface area contributed by atoms with Crippen LogP contribution in [0.5, 0.6) is 0 Å². The maximum absolute atomic E-state index is 13.6. The number of aromatic amines is 1. The number of amides is 1. The van der Waals surface area contributed by atoms with Crippen molar-refractivity contribution in [1.29, 1.82) is 0 Å². The zero-order valence-corrected chi connectivity index (χ0v) is 22.5. The van der Waals surface area contributed by atoms with Gasteiger partial charge in [-0.3, -0.25) is 4.90 Å². The van der Waals surface area contributed by atoms with E-state index in [1.807, 2.05) is 68.1 Å². The first-order chi connectivity index (χ1) is 17.8. The Kier molecular flexibility index (Phi) is 8.70. The number of H-pyrrole nitrogens is 1. The van der Waals surface area contributed by atoms with E-state index in [0.29, 0.717) is 32.1 Å². The summed E-state index contributed by atoms with van der Waals surface area (Å²) in [5, 5.41) is 1.03. The normalized spacial score (nSPS) is 20.5. The van der Waals surface area contributed by atoms with Gasteiger partial charge in [0.2, 0.25) is 0 Å². The van der Waals surface area contributed by atoms with Crippen LogP contribution in [0.2, 0.25) is 0 Å². The topological polar surface area (TPSA) is 71.6 Å². The minimum Gasteiger partial charge on any atom is -0.444 e. The Labute approximate surface area is 220 Å². The lowest BCUT2D eigenvalue weighted by Crippen LogP contribution is -2.41. The summed E-state index contributed by atoms with van der Waals surface area (Å²) in [5.41, 5.74) is 3.43. The lowest BCUT2D eigenvalue weighted by molar-refractivity contribution is -0.107. The molecule has 0 bridgehead atoms. The zero-order valence-electron chi connectivity index (χ0n) is 22.5. The lowest BCUT2D eigenvalue weighted by Gasteiger charge is -2.34. The van der Waals surface area contributed by atoms with Crippen molar-refractivity contribution in [2.45, 2.75) is 71.6 Å². The molecule has 1 unspecified atom stereocenters. The SMILES string of the molecule is CC[C@@H]1C[C@@H](COCc2ccccc2)CC(c2[nH]c3ccccc3c2CC=O)N(C(=O)OC(C)(C)C)C1. The summed E-state index contributed by atoms with van der Waals surface area (Å²) in [6.07, 6.45) is 3.62. The molecule has 198 valence electrons. The predicted octanol–water partition coefficient (Wildman–Crippen LogP) is 6.84. The number of aldehydes is 1. The predicted molar refractivity (Wildman–Crippen MR) is 146 cm³/mol. The van der Waals surface area contributed by atoms with Crippen LogP contribution in [-0.2, 0) is 27.3 Å². The molecule has 1 aromatic heterocycles. The molecule has 1 aliphatic rings. The molecule has 0 radical (unpaired) electrons. The van der Waals surface area contributed by atoms with Gasteiger partial charge in [0, 0.05) is 36.2 Å². The molecule has 1 aliphatic heterocycles. The van der Waals surface area contributed by atoms with Crippen LogP contribution in [0.4, 0.5) is 4.79 Å². The monoisotopic (exact) mass is 504 g/mol. The van der Waals surface area contributed by atoms with Crippen LogP contribution in [0.25, 0.3) is 10.9 Å². The number of ether oxygens (including phenoxy) is 2. The number of nitrogens with zero attached hydrogens (tertiary/aromatic N) is 1. The molecule has 2 aromatic carbocycles. The minimum absolute atomic E-state index is 0.237. The average molecular weight is 505 g/mol. The fraction of sp³-hybridized carbons (Fsp3) is 0.484. The first kappa shape index (κ1) is 26.9. The van der Waals surface area contributed by atoms with Crippen molar-refractivity contribution in [1.82, 2.24) is 9.88 Å². The largest absolute Gasteiger partial charge is 0.444 e. The van der Waals surface area contributed by atoms with Crippen molar-refractivity contribution < 1.29 is 19.1 Å². The molecule has 6 heteroatoms. The van der Waals surface area contributed by atoms with Crippen molar-refractivity contribution in [3.8, 4) is 0 Å². The van der Waals surface area contributed by atoms with Gasteiger partial charge in [0.15, 0.2) is 0 Å². The van der Waals surface area contributed by atoms with Crippen molar-refractivity contribution in [3.63, 3.8) is 0 Å². The number of hydrogen-bond donors (Lipinski definition) is 1. The molecule has 2 heterocycles. The van der Waals surface area contributed by atoms with Gasteiger partial charge < -0.3 is 19.3 Å². The molecule has 0 saturated carbocycles. The molecule has 1 amide bonds. The van der Waals surface area contributed by atoms with E-state index >= 15 is 0 Å². The van der Waals surface area contributed by atoms with Crippen LogP contribution >= 0.6 is 0 Å². The Bertz CT molecular complexity index is 1180. The van der Waals surface area contributed by atoms with E-state index in [4.69, 9.17) is 9.47 Å². The van der Waals surface area contributed by atoms with Gasteiger partial charge in [-0.15, -0.1) is 0 Å². The summed E-state index contributed by atoms with van der Waals surface area (Å²) < 4.78 is 12.1. The van der Waals surface area contributed by atoms with Crippen LogP contribution in [0.15, 0.2) is 54.6 Å². The number of carbonyl (C=O) groups is 2. The number of carbonyl (C=O) groups excluding carboxylic acids is 2. The fourth-order valence-corrected chi connectivity index (χ4v) is 5.44. The Morgan fingerprint density at radius 1 is 1.05 bits per heavy atom. The van der Waals surface area contributed by atoms with E-state index in [-0.39, 0.29) is 18.1 Å². The molecule has 1 fully saturated rings. The summed E-state index contributed by atoms with van der Waals surface area (Å²) in [6, 6.07) is 18.0. The second-order valence-corrected chi connectivity index (χ2v) is 11.2. The molecule has 0 aliphatic carbocycles. The summed E-state index contributed by atoms with van der Waals surface area (Å²) in [7, 11) is 0. The lowest BCUT2D eigenvalue weighted by atomic mass is 9.90. The third-order valence-corrected chi connectivity index (χ3v) is 7.19. The van der Waals surface area contributed by atoms with Crippen LogP contribution in [-0.4, -0.2) is 41.0 Å². The van der Waals surface area contributed by atoms with E-state index in [9.17, 15) is 9.59 Å². The fourth-order valence-electron chi connectivity index (χ4n) is 5.44. The Hall–Kier alpha value is -3.12. The van der Waals surface area contributed by atoms with Crippen molar-refractivity contribution >= 4 is 23.3 Å². The molecule has 3 atom stereocenters. The van der Waals surface area contributed by atoms with Crippen LogP contribution in [0, 0.1) is 11.8 Å². The summed E-state index contributed by atoms with van der Waals surface area (Å²) in [4.78, 5) is 30.8. The van der Waals surface area contributed by atoms with Gasteiger partial charge in [-0.1, -0.05) is 61.9 Å². The van der Waals surface area contributed by atoms with Gasteiger partial charge >= 0.3 is 6.09 Å². The average Bonchev–Trinajstić information content (AvgIpc) is 3.11. The summed E-state index contributed by atoms with van der Waals surface area (Å²) in [5.74, 6) is 0.600. The first-order valence-corrected chi connectivity index (χ1v) is 13.4.